The number of nitrogens with zero attached hydrogens (tertiary/aromatic N) is 3. The normalized spacial score (nSPS) is 23.7. The molecule has 1 amide bonds. The monoisotopic (exact) mass is 395 g/mol. The van der Waals surface area contributed by atoms with Gasteiger partial charge in [0.05, 0.1) is 11.6 Å². The van der Waals surface area contributed by atoms with Gasteiger partial charge in [0.1, 0.15) is 11.5 Å². The maximum atomic E-state index is 12.6. The molecular weight excluding hydrogens is 366 g/mol. The lowest BCUT2D eigenvalue weighted by atomic mass is 9.83. The highest BCUT2D eigenvalue weighted by Gasteiger charge is 2.52. The molecule has 1 saturated heterocycles. The number of rotatable bonds is 5. The molecule has 7 heteroatoms. The van der Waals surface area contributed by atoms with Crippen molar-refractivity contribution in [2.24, 2.45) is 5.92 Å². The standard InChI is InChI=1S/C22H29N5O2/c28-19-8-4-7-17(24-19)21(29)25-18-13-22(27-12-10-23-20(18)27)14-26(15-22)11-9-16-5-2-1-3-6-16/h4,7-8,10,12,16,18H,1-3,5-6,9,11,13-15H2,(H,24,28)(H,25,29). The molecule has 2 aliphatic heterocycles. The summed E-state index contributed by atoms with van der Waals surface area (Å²) >= 11 is 0. The summed E-state index contributed by atoms with van der Waals surface area (Å²) in [6, 6.07) is 4.51. The van der Waals surface area contributed by atoms with Crippen molar-refractivity contribution in [3.63, 3.8) is 0 Å². The Hall–Kier alpha value is -2.41. The Morgan fingerprint density at radius 3 is 2.86 bits per heavy atom. The summed E-state index contributed by atoms with van der Waals surface area (Å²) in [5.41, 5.74) is 0.0642. The molecule has 5 rings (SSSR count). The SMILES string of the molecule is O=C(NC1CC2(CN(CCC3CCCCC3)C2)n2ccnc21)c1cccc(=O)[nH]1. The number of likely N-dealkylation sites (tertiary alicyclic amines) is 1. The molecule has 154 valence electrons. The summed E-state index contributed by atoms with van der Waals surface area (Å²) in [5.74, 6) is 1.57. The fourth-order valence-electron chi connectivity index (χ4n) is 5.54. The van der Waals surface area contributed by atoms with Crippen molar-refractivity contribution in [1.82, 2.24) is 24.8 Å². The Labute approximate surface area is 170 Å². The van der Waals surface area contributed by atoms with Crippen molar-refractivity contribution in [2.45, 2.75) is 56.5 Å². The van der Waals surface area contributed by atoms with Gasteiger partial charge in [-0.1, -0.05) is 38.2 Å². The van der Waals surface area contributed by atoms with Gasteiger partial charge >= 0.3 is 0 Å². The number of H-pyrrole nitrogens is 1. The van der Waals surface area contributed by atoms with E-state index >= 15 is 0 Å². The predicted octanol–water partition coefficient (Wildman–Crippen LogP) is 2.43. The number of fused-ring (bicyclic) bond motifs is 2. The number of aromatic nitrogens is 3. The second-order valence-electron chi connectivity index (χ2n) is 9.04. The largest absolute Gasteiger partial charge is 0.341 e. The number of pyridine rings is 1. The van der Waals surface area contributed by atoms with Crippen molar-refractivity contribution >= 4 is 5.91 Å². The van der Waals surface area contributed by atoms with E-state index in [9.17, 15) is 9.59 Å². The quantitative estimate of drug-likeness (QED) is 0.815. The number of aromatic amines is 1. The molecular formula is C22H29N5O2. The number of carbonyl (C=O) groups is 1. The minimum atomic E-state index is -0.269. The Bertz CT molecular complexity index is 936. The van der Waals surface area contributed by atoms with E-state index in [0.29, 0.717) is 5.69 Å². The van der Waals surface area contributed by atoms with Crippen LogP contribution >= 0.6 is 0 Å². The molecule has 2 N–H and O–H groups in total. The summed E-state index contributed by atoms with van der Waals surface area (Å²) in [7, 11) is 0. The number of hydrogen-bond acceptors (Lipinski definition) is 4. The number of imidazole rings is 1. The zero-order valence-corrected chi connectivity index (χ0v) is 16.8. The van der Waals surface area contributed by atoms with Gasteiger partial charge in [-0.15, -0.1) is 0 Å². The number of amides is 1. The number of nitrogens with one attached hydrogen (secondary N) is 2. The second-order valence-corrected chi connectivity index (χ2v) is 9.04. The van der Waals surface area contributed by atoms with Crippen LogP contribution in [0.25, 0.3) is 0 Å². The van der Waals surface area contributed by atoms with Crippen LogP contribution in [0.5, 0.6) is 0 Å². The van der Waals surface area contributed by atoms with Crippen LogP contribution in [-0.4, -0.2) is 45.0 Å². The Morgan fingerprint density at radius 2 is 2.07 bits per heavy atom. The molecule has 2 fully saturated rings. The van der Waals surface area contributed by atoms with E-state index in [0.717, 1.165) is 31.3 Å². The van der Waals surface area contributed by atoms with Crippen LogP contribution in [0.3, 0.4) is 0 Å². The molecule has 1 spiro atoms. The highest BCUT2D eigenvalue weighted by atomic mass is 16.2. The molecule has 2 aromatic rings. The summed E-state index contributed by atoms with van der Waals surface area (Å²) in [5, 5.41) is 3.08. The maximum Gasteiger partial charge on any atom is 0.268 e. The fraction of sp³-hybridized carbons (Fsp3) is 0.591. The third kappa shape index (κ3) is 3.52. The maximum absolute atomic E-state index is 12.6. The van der Waals surface area contributed by atoms with Crippen molar-refractivity contribution in [1.29, 1.82) is 0 Å². The van der Waals surface area contributed by atoms with Crippen molar-refractivity contribution < 1.29 is 4.79 Å². The van der Waals surface area contributed by atoms with Crippen LogP contribution in [0.4, 0.5) is 0 Å². The van der Waals surface area contributed by atoms with Gasteiger partial charge in [-0.05, 0) is 24.9 Å². The number of hydrogen-bond donors (Lipinski definition) is 2. The third-order valence-electron chi connectivity index (χ3n) is 7.01. The van der Waals surface area contributed by atoms with Crippen LogP contribution in [0.15, 0.2) is 35.4 Å². The first-order chi connectivity index (χ1) is 14.1. The predicted molar refractivity (Wildman–Crippen MR) is 110 cm³/mol. The third-order valence-corrected chi connectivity index (χ3v) is 7.01. The molecule has 3 aliphatic rings. The lowest BCUT2D eigenvalue weighted by Gasteiger charge is -2.49. The highest BCUT2D eigenvalue weighted by Crippen LogP contribution is 2.44. The molecule has 7 nitrogen and oxygen atoms in total. The Morgan fingerprint density at radius 1 is 1.24 bits per heavy atom. The van der Waals surface area contributed by atoms with E-state index in [1.54, 1.807) is 12.1 Å². The number of carbonyl (C=O) groups excluding carboxylic acids is 1. The van der Waals surface area contributed by atoms with Gasteiger partial charge in [-0.2, -0.15) is 0 Å². The molecule has 1 aliphatic carbocycles. The zero-order valence-electron chi connectivity index (χ0n) is 16.8. The molecule has 1 saturated carbocycles. The minimum absolute atomic E-state index is 0.0421. The summed E-state index contributed by atoms with van der Waals surface area (Å²) in [6.45, 7) is 3.23. The molecule has 0 aromatic carbocycles. The van der Waals surface area contributed by atoms with Gasteiger partial charge in [0.15, 0.2) is 0 Å². The van der Waals surface area contributed by atoms with Crippen LogP contribution in [-0.2, 0) is 5.54 Å². The topological polar surface area (TPSA) is 83.0 Å². The van der Waals surface area contributed by atoms with E-state index in [1.165, 1.54) is 51.1 Å². The van der Waals surface area contributed by atoms with Crippen LogP contribution in [0.1, 0.15) is 67.3 Å². The van der Waals surface area contributed by atoms with Gasteiger partial charge in [-0.3, -0.25) is 14.5 Å². The minimum Gasteiger partial charge on any atom is -0.341 e. The lowest BCUT2D eigenvalue weighted by Crippen LogP contribution is -2.61. The first-order valence-electron chi connectivity index (χ1n) is 10.9. The first kappa shape index (κ1) is 18.6. The van der Waals surface area contributed by atoms with E-state index in [4.69, 9.17) is 0 Å². The Balaban J connectivity index is 1.21. The fourth-order valence-corrected chi connectivity index (χ4v) is 5.54. The zero-order chi connectivity index (χ0) is 19.8. The molecule has 1 atom stereocenters. The second kappa shape index (κ2) is 7.44. The van der Waals surface area contributed by atoms with Gasteiger partial charge in [0.2, 0.25) is 5.56 Å². The first-order valence-corrected chi connectivity index (χ1v) is 10.9. The van der Waals surface area contributed by atoms with Crippen LogP contribution in [0.2, 0.25) is 0 Å². The van der Waals surface area contributed by atoms with Gasteiger partial charge < -0.3 is 14.9 Å². The Kier molecular flexibility index (Phi) is 4.78. The van der Waals surface area contributed by atoms with Crippen molar-refractivity contribution in [2.75, 3.05) is 19.6 Å². The van der Waals surface area contributed by atoms with E-state index < -0.39 is 0 Å². The summed E-state index contributed by atoms with van der Waals surface area (Å²) in [4.78, 5) is 33.8. The van der Waals surface area contributed by atoms with Gasteiger partial charge in [0, 0.05) is 38.0 Å². The van der Waals surface area contributed by atoms with Gasteiger partial charge in [0.25, 0.3) is 5.91 Å². The molecule has 1 unspecified atom stereocenters. The molecule has 4 heterocycles. The van der Waals surface area contributed by atoms with Crippen LogP contribution < -0.4 is 10.9 Å². The van der Waals surface area contributed by atoms with Crippen molar-refractivity contribution in [3.05, 3.63) is 52.5 Å². The smallest absolute Gasteiger partial charge is 0.268 e. The highest BCUT2D eigenvalue weighted by molar-refractivity contribution is 5.92. The summed E-state index contributed by atoms with van der Waals surface area (Å²) in [6.07, 6.45) is 13.1. The van der Waals surface area contributed by atoms with Gasteiger partial charge in [-0.25, -0.2) is 4.98 Å². The average Bonchev–Trinajstić information content (AvgIpc) is 3.29. The van der Waals surface area contributed by atoms with E-state index in [-0.39, 0.29) is 23.0 Å². The van der Waals surface area contributed by atoms with E-state index in [1.807, 2.05) is 12.4 Å². The molecule has 0 radical (unpaired) electrons. The lowest BCUT2D eigenvalue weighted by molar-refractivity contribution is 0.00902. The van der Waals surface area contributed by atoms with E-state index in [2.05, 4.69) is 24.8 Å². The molecule has 0 bridgehead atoms. The molecule has 2 aromatic heterocycles. The average molecular weight is 396 g/mol. The van der Waals surface area contributed by atoms with Crippen molar-refractivity contribution in [3.8, 4) is 0 Å². The van der Waals surface area contributed by atoms with Crippen LogP contribution in [0, 0.1) is 5.92 Å². The summed E-state index contributed by atoms with van der Waals surface area (Å²) < 4.78 is 2.27. The molecule has 29 heavy (non-hydrogen) atoms.